The summed E-state index contributed by atoms with van der Waals surface area (Å²) in [4.78, 5) is 3.91. The van der Waals surface area contributed by atoms with Crippen LogP contribution in [-0.2, 0) is 13.1 Å². The van der Waals surface area contributed by atoms with Gasteiger partial charge < -0.3 is 10.2 Å². The smallest absolute Gasteiger partial charge is 0.0525 e. The number of halogens is 1. The van der Waals surface area contributed by atoms with Gasteiger partial charge in [0.1, 0.15) is 0 Å². The fourth-order valence-electron chi connectivity index (χ4n) is 2.51. The maximum Gasteiger partial charge on any atom is 0.0525 e. The van der Waals surface area contributed by atoms with E-state index >= 15 is 0 Å². The van der Waals surface area contributed by atoms with E-state index in [9.17, 15) is 0 Å². The molecule has 1 aliphatic carbocycles. The number of hydrogen-bond acceptors (Lipinski definition) is 3. The van der Waals surface area contributed by atoms with Crippen molar-refractivity contribution in [3.63, 3.8) is 0 Å². The molecule has 1 N–H and O–H groups in total. The van der Waals surface area contributed by atoms with Gasteiger partial charge in [-0.25, -0.2) is 0 Å². The lowest BCUT2D eigenvalue weighted by Crippen LogP contribution is -2.24. The Labute approximate surface area is 135 Å². The van der Waals surface area contributed by atoms with Crippen molar-refractivity contribution in [3.8, 4) is 0 Å². The molecule has 0 bridgehead atoms. The van der Waals surface area contributed by atoms with Crippen molar-refractivity contribution in [1.82, 2.24) is 5.32 Å². The summed E-state index contributed by atoms with van der Waals surface area (Å²) in [7, 11) is 0. The van der Waals surface area contributed by atoms with Gasteiger partial charge in [-0.05, 0) is 48.5 Å². The molecule has 0 spiro atoms. The van der Waals surface area contributed by atoms with Crippen LogP contribution in [0.15, 0.2) is 35.7 Å². The summed E-state index contributed by atoms with van der Waals surface area (Å²) >= 11 is 8.28. The first-order chi connectivity index (χ1) is 10.3. The monoisotopic (exact) mass is 320 g/mol. The molecule has 0 amide bonds. The van der Waals surface area contributed by atoms with Crippen molar-refractivity contribution in [2.24, 2.45) is 0 Å². The predicted octanol–water partition coefficient (Wildman–Crippen LogP) is 4.68. The van der Waals surface area contributed by atoms with Crippen LogP contribution >= 0.6 is 22.9 Å². The van der Waals surface area contributed by atoms with Gasteiger partial charge in [0.15, 0.2) is 0 Å². The molecule has 0 radical (unpaired) electrons. The molecular formula is C17H21ClN2S. The summed E-state index contributed by atoms with van der Waals surface area (Å²) < 4.78 is 0. The van der Waals surface area contributed by atoms with Gasteiger partial charge in [-0.1, -0.05) is 30.7 Å². The summed E-state index contributed by atoms with van der Waals surface area (Å²) in [5.74, 6) is 0. The molecule has 0 aliphatic heterocycles. The first-order valence-corrected chi connectivity index (χ1v) is 8.82. The average molecular weight is 321 g/mol. The highest BCUT2D eigenvalue weighted by molar-refractivity contribution is 7.09. The fourth-order valence-corrected chi connectivity index (χ4v) is 3.45. The van der Waals surface area contributed by atoms with Crippen LogP contribution in [0.4, 0.5) is 5.69 Å². The SMILES string of the molecule is CCNCc1ccc(N(Cc2cccs2)C2CC2)cc1Cl. The van der Waals surface area contributed by atoms with Crippen LogP contribution in [-0.4, -0.2) is 12.6 Å². The molecular weight excluding hydrogens is 300 g/mol. The number of rotatable bonds is 7. The average Bonchev–Trinajstić information content (AvgIpc) is 3.20. The number of anilines is 1. The Morgan fingerprint density at radius 1 is 1.33 bits per heavy atom. The molecule has 1 heterocycles. The zero-order chi connectivity index (χ0) is 14.7. The Kier molecular flexibility index (Phi) is 4.84. The second-order valence-corrected chi connectivity index (χ2v) is 6.93. The lowest BCUT2D eigenvalue weighted by Gasteiger charge is -2.25. The van der Waals surface area contributed by atoms with Crippen molar-refractivity contribution in [3.05, 3.63) is 51.2 Å². The maximum atomic E-state index is 6.45. The molecule has 3 rings (SSSR count). The summed E-state index contributed by atoms with van der Waals surface area (Å²) in [6, 6.07) is 11.5. The lowest BCUT2D eigenvalue weighted by atomic mass is 10.2. The van der Waals surface area contributed by atoms with Gasteiger partial charge in [0.2, 0.25) is 0 Å². The molecule has 1 saturated carbocycles. The van der Waals surface area contributed by atoms with E-state index in [1.165, 1.54) is 29.0 Å². The van der Waals surface area contributed by atoms with Gasteiger partial charge in [-0.2, -0.15) is 0 Å². The molecule has 1 fully saturated rings. The summed E-state index contributed by atoms with van der Waals surface area (Å²) in [6.07, 6.45) is 2.59. The number of benzene rings is 1. The van der Waals surface area contributed by atoms with Gasteiger partial charge in [0.25, 0.3) is 0 Å². The highest BCUT2D eigenvalue weighted by Gasteiger charge is 2.29. The Bertz CT molecular complexity index is 578. The van der Waals surface area contributed by atoms with Crippen LogP contribution in [0.2, 0.25) is 5.02 Å². The molecule has 0 unspecified atom stereocenters. The molecule has 112 valence electrons. The Morgan fingerprint density at radius 2 is 2.19 bits per heavy atom. The van der Waals surface area contributed by atoms with Crippen LogP contribution in [0.3, 0.4) is 0 Å². The maximum absolute atomic E-state index is 6.45. The largest absolute Gasteiger partial charge is 0.363 e. The van der Waals surface area contributed by atoms with E-state index < -0.39 is 0 Å². The third kappa shape index (κ3) is 3.79. The fraction of sp³-hybridized carbons (Fsp3) is 0.412. The van der Waals surface area contributed by atoms with E-state index in [1.54, 1.807) is 0 Å². The Hall–Kier alpha value is -1.03. The summed E-state index contributed by atoms with van der Waals surface area (Å²) in [5.41, 5.74) is 2.42. The van der Waals surface area contributed by atoms with Crippen molar-refractivity contribution < 1.29 is 0 Å². The topological polar surface area (TPSA) is 15.3 Å². The van der Waals surface area contributed by atoms with Crippen LogP contribution < -0.4 is 10.2 Å². The van der Waals surface area contributed by atoms with Crippen molar-refractivity contribution in [2.45, 2.75) is 38.9 Å². The van der Waals surface area contributed by atoms with E-state index in [4.69, 9.17) is 11.6 Å². The normalized spacial score (nSPS) is 14.4. The van der Waals surface area contributed by atoms with Crippen molar-refractivity contribution in [2.75, 3.05) is 11.4 Å². The zero-order valence-electron chi connectivity index (χ0n) is 12.3. The summed E-state index contributed by atoms with van der Waals surface area (Å²) in [5, 5.41) is 6.34. The molecule has 1 aromatic heterocycles. The predicted molar refractivity (Wildman–Crippen MR) is 92.4 cm³/mol. The highest BCUT2D eigenvalue weighted by atomic mass is 35.5. The molecule has 1 aromatic carbocycles. The van der Waals surface area contributed by atoms with Crippen LogP contribution in [0.5, 0.6) is 0 Å². The standard InChI is InChI=1S/C17H21ClN2S/c1-2-19-11-13-5-6-15(10-17(13)18)20(14-7-8-14)12-16-4-3-9-21-16/h3-6,9-10,14,19H,2,7-8,11-12H2,1H3. The van der Waals surface area contributed by atoms with Crippen LogP contribution in [0.1, 0.15) is 30.2 Å². The number of nitrogens with zero attached hydrogens (tertiary/aromatic N) is 1. The Balaban J connectivity index is 1.77. The van der Waals surface area contributed by atoms with E-state index in [-0.39, 0.29) is 0 Å². The first kappa shape index (κ1) is 14.9. The molecule has 21 heavy (non-hydrogen) atoms. The third-order valence-corrected chi connectivity index (χ3v) is 5.04. The minimum atomic E-state index is 0.683. The zero-order valence-corrected chi connectivity index (χ0v) is 13.9. The number of hydrogen-bond donors (Lipinski definition) is 1. The van der Waals surface area contributed by atoms with E-state index in [0.29, 0.717) is 6.04 Å². The van der Waals surface area contributed by atoms with E-state index in [0.717, 1.165) is 24.7 Å². The minimum absolute atomic E-state index is 0.683. The molecule has 0 saturated heterocycles. The third-order valence-electron chi connectivity index (χ3n) is 3.83. The van der Waals surface area contributed by atoms with Gasteiger partial charge in [0.05, 0.1) is 6.54 Å². The van der Waals surface area contributed by atoms with Crippen molar-refractivity contribution >= 4 is 28.6 Å². The minimum Gasteiger partial charge on any atom is -0.363 e. The van der Waals surface area contributed by atoms with Gasteiger partial charge in [-0.15, -0.1) is 11.3 Å². The van der Waals surface area contributed by atoms with Crippen molar-refractivity contribution in [1.29, 1.82) is 0 Å². The van der Waals surface area contributed by atoms with E-state index in [2.05, 4.69) is 52.9 Å². The van der Waals surface area contributed by atoms with E-state index in [1.807, 2.05) is 11.3 Å². The molecule has 2 nitrogen and oxygen atoms in total. The second kappa shape index (κ2) is 6.82. The van der Waals surface area contributed by atoms with Gasteiger partial charge in [-0.3, -0.25) is 0 Å². The lowest BCUT2D eigenvalue weighted by molar-refractivity contribution is 0.726. The molecule has 0 atom stereocenters. The molecule has 4 heteroatoms. The van der Waals surface area contributed by atoms with Crippen LogP contribution in [0.25, 0.3) is 0 Å². The Morgan fingerprint density at radius 3 is 2.81 bits per heavy atom. The highest BCUT2D eigenvalue weighted by Crippen LogP contribution is 2.35. The van der Waals surface area contributed by atoms with Gasteiger partial charge in [0, 0.05) is 28.2 Å². The quantitative estimate of drug-likeness (QED) is 0.797. The van der Waals surface area contributed by atoms with Gasteiger partial charge >= 0.3 is 0 Å². The van der Waals surface area contributed by atoms with Crippen LogP contribution in [0, 0.1) is 0 Å². The first-order valence-electron chi connectivity index (χ1n) is 7.56. The number of thiophene rings is 1. The summed E-state index contributed by atoms with van der Waals surface area (Å²) in [6.45, 7) is 4.90. The second-order valence-electron chi connectivity index (χ2n) is 5.49. The number of nitrogens with one attached hydrogen (secondary N) is 1. The molecule has 2 aromatic rings. The molecule has 1 aliphatic rings.